The Morgan fingerprint density at radius 3 is 2.70 bits per heavy atom. The van der Waals surface area contributed by atoms with Gasteiger partial charge in [-0.15, -0.1) is 0 Å². The summed E-state index contributed by atoms with van der Waals surface area (Å²) in [5, 5.41) is 12.8. The highest BCUT2D eigenvalue weighted by molar-refractivity contribution is 7.99. The molecular weight excluding hydrogens is 319 g/mol. The summed E-state index contributed by atoms with van der Waals surface area (Å²) >= 11 is 13.3. The van der Waals surface area contributed by atoms with E-state index in [9.17, 15) is 4.79 Å². The third-order valence-corrected chi connectivity index (χ3v) is 4.45. The summed E-state index contributed by atoms with van der Waals surface area (Å²) in [5.41, 5.74) is -0.767. The number of nitrogens with one attached hydrogen (secondary N) is 1. The van der Waals surface area contributed by atoms with Gasteiger partial charge in [0.15, 0.2) is 6.61 Å². The zero-order valence-corrected chi connectivity index (χ0v) is 12.8. The van der Waals surface area contributed by atoms with Crippen molar-refractivity contribution in [3.8, 4) is 11.8 Å². The molecule has 1 amide bonds. The Bertz CT molecular complexity index is 534. The van der Waals surface area contributed by atoms with E-state index in [4.69, 9.17) is 33.2 Å². The first-order valence-electron chi connectivity index (χ1n) is 5.92. The summed E-state index contributed by atoms with van der Waals surface area (Å²) in [7, 11) is 0. The number of nitrogens with zero attached hydrogens (tertiary/aromatic N) is 1. The molecule has 0 spiro atoms. The summed E-state index contributed by atoms with van der Waals surface area (Å²) in [6.07, 6.45) is 0.656. The maximum atomic E-state index is 11.8. The average molecular weight is 331 g/mol. The van der Waals surface area contributed by atoms with E-state index in [0.29, 0.717) is 28.0 Å². The van der Waals surface area contributed by atoms with Gasteiger partial charge in [-0.25, -0.2) is 0 Å². The predicted octanol–water partition coefficient (Wildman–Crippen LogP) is 2.89. The van der Waals surface area contributed by atoms with Crippen molar-refractivity contribution < 1.29 is 9.53 Å². The molecule has 1 aliphatic rings. The minimum Gasteiger partial charge on any atom is -0.484 e. The Kier molecular flexibility index (Phi) is 5.03. The third kappa shape index (κ3) is 3.95. The van der Waals surface area contributed by atoms with Crippen molar-refractivity contribution in [2.75, 3.05) is 18.1 Å². The van der Waals surface area contributed by atoms with E-state index >= 15 is 0 Å². The predicted molar refractivity (Wildman–Crippen MR) is 80.4 cm³/mol. The second kappa shape index (κ2) is 6.57. The van der Waals surface area contributed by atoms with Crippen LogP contribution in [-0.4, -0.2) is 29.6 Å². The number of benzene rings is 1. The molecule has 0 aromatic heterocycles. The molecule has 1 atom stereocenters. The number of carbonyl (C=O) groups excluding carboxylic acids is 1. The molecule has 1 fully saturated rings. The van der Waals surface area contributed by atoms with Crippen molar-refractivity contribution in [2.45, 2.75) is 12.0 Å². The minimum atomic E-state index is -0.767. The first-order chi connectivity index (χ1) is 9.53. The Balaban J connectivity index is 1.90. The van der Waals surface area contributed by atoms with Crippen LogP contribution in [0.4, 0.5) is 0 Å². The molecule has 1 aliphatic heterocycles. The highest BCUT2D eigenvalue weighted by atomic mass is 35.5. The Morgan fingerprint density at radius 2 is 2.15 bits per heavy atom. The lowest BCUT2D eigenvalue weighted by Gasteiger charge is -2.21. The van der Waals surface area contributed by atoms with Crippen molar-refractivity contribution in [3.63, 3.8) is 0 Å². The third-order valence-electron chi connectivity index (χ3n) is 2.82. The summed E-state index contributed by atoms with van der Waals surface area (Å²) < 4.78 is 5.33. The fourth-order valence-electron chi connectivity index (χ4n) is 1.84. The maximum absolute atomic E-state index is 11.8. The summed E-state index contributed by atoms with van der Waals surface area (Å²) in [4.78, 5) is 11.8. The molecule has 1 N–H and O–H groups in total. The second-order valence-corrected chi connectivity index (χ2v) is 6.42. The topological polar surface area (TPSA) is 62.1 Å². The van der Waals surface area contributed by atoms with Crippen LogP contribution in [0.2, 0.25) is 10.0 Å². The van der Waals surface area contributed by atoms with Crippen LogP contribution in [0.5, 0.6) is 5.75 Å². The summed E-state index contributed by atoms with van der Waals surface area (Å²) in [6, 6.07) is 6.91. The maximum Gasteiger partial charge on any atom is 0.259 e. The molecule has 1 aromatic rings. The van der Waals surface area contributed by atoms with Gasteiger partial charge < -0.3 is 10.1 Å². The van der Waals surface area contributed by atoms with Crippen molar-refractivity contribution in [1.82, 2.24) is 5.32 Å². The molecule has 4 nitrogen and oxygen atoms in total. The van der Waals surface area contributed by atoms with Crippen LogP contribution in [0.25, 0.3) is 0 Å². The van der Waals surface area contributed by atoms with Crippen molar-refractivity contribution in [1.29, 1.82) is 5.26 Å². The smallest absolute Gasteiger partial charge is 0.259 e. The van der Waals surface area contributed by atoms with Gasteiger partial charge >= 0.3 is 0 Å². The van der Waals surface area contributed by atoms with E-state index in [1.54, 1.807) is 30.0 Å². The molecule has 0 saturated carbocycles. The molecule has 0 bridgehead atoms. The molecule has 0 radical (unpaired) electrons. The number of thioether (sulfide) groups is 1. The van der Waals surface area contributed by atoms with Gasteiger partial charge in [0.2, 0.25) is 0 Å². The number of ether oxygens (including phenoxy) is 1. The van der Waals surface area contributed by atoms with E-state index in [0.717, 1.165) is 5.75 Å². The van der Waals surface area contributed by atoms with Crippen LogP contribution in [-0.2, 0) is 4.79 Å². The van der Waals surface area contributed by atoms with E-state index in [1.807, 2.05) is 0 Å². The van der Waals surface area contributed by atoms with Crippen LogP contribution in [0.15, 0.2) is 18.2 Å². The standard InChI is InChI=1S/C13H12Cl2N2O2S/c14-9-3-10(15)5-11(4-9)19-6-12(18)17-13(7-16)1-2-20-8-13/h3-5H,1-2,6,8H2,(H,17,18)/t13-/m0/s1. The van der Waals surface area contributed by atoms with Crippen molar-refractivity contribution in [2.24, 2.45) is 0 Å². The average Bonchev–Trinajstić information content (AvgIpc) is 2.84. The lowest BCUT2D eigenvalue weighted by molar-refractivity contribution is -0.124. The molecule has 20 heavy (non-hydrogen) atoms. The van der Waals surface area contributed by atoms with E-state index in [1.165, 1.54) is 0 Å². The van der Waals surface area contributed by atoms with Gasteiger partial charge in [-0.2, -0.15) is 17.0 Å². The van der Waals surface area contributed by atoms with Gasteiger partial charge in [-0.1, -0.05) is 23.2 Å². The lowest BCUT2D eigenvalue weighted by Crippen LogP contribution is -2.49. The van der Waals surface area contributed by atoms with E-state index in [-0.39, 0.29) is 12.5 Å². The van der Waals surface area contributed by atoms with Gasteiger partial charge in [-0.05, 0) is 30.4 Å². The van der Waals surface area contributed by atoms with E-state index < -0.39 is 5.54 Å². The largest absolute Gasteiger partial charge is 0.484 e. The molecule has 7 heteroatoms. The highest BCUT2D eigenvalue weighted by Crippen LogP contribution is 2.27. The van der Waals surface area contributed by atoms with Crippen molar-refractivity contribution in [3.05, 3.63) is 28.2 Å². The number of hydrogen-bond acceptors (Lipinski definition) is 4. The number of carbonyl (C=O) groups is 1. The summed E-state index contributed by atoms with van der Waals surface area (Å²) in [5.74, 6) is 1.58. The summed E-state index contributed by atoms with van der Waals surface area (Å²) in [6.45, 7) is -0.176. The van der Waals surface area contributed by atoms with E-state index in [2.05, 4.69) is 11.4 Å². The van der Waals surface area contributed by atoms with Crippen LogP contribution in [0.3, 0.4) is 0 Å². The monoisotopic (exact) mass is 330 g/mol. The number of nitriles is 1. The second-order valence-electron chi connectivity index (χ2n) is 4.44. The van der Waals surface area contributed by atoms with Crippen molar-refractivity contribution >= 4 is 40.9 Å². The highest BCUT2D eigenvalue weighted by Gasteiger charge is 2.36. The Labute approximate surface area is 131 Å². The number of hydrogen-bond donors (Lipinski definition) is 1. The van der Waals surface area contributed by atoms with Crippen LogP contribution >= 0.6 is 35.0 Å². The van der Waals surface area contributed by atoms with Crippen LogP contribution in [0, 0.1) is 11.3 Å². The normalized spacial score (nSPS) is 21.2. The zero-order chi connectivity index (χ0) is 14.6. The molecule has 0 aliphatic carbocycles. The Hall–Kier alpha value is -1.09. The van der Waals surface area contributed by atoms with Gasteiger partial charge in [0.1, 0.15) is 11.3 Å². The molecule has 106 valence electrons. The molecule has 1 aromatic carbocycles. The Morgan fingerprint density at radius 1 is 1.45 bits per heavy atom. The molecule has 0 unspecified atom stereocenters. The first kappa shape index (κ1) is 15.3. The van der Waals surface area contributed by atoms with Gasteiger partial charge in [0, 0.05) is 15.8 Å². The fraction of sp³-hybridized carbons (Fsp3) is 0.385. The number of amides is 1. The van der Waals surface area contributed by atoms with Crippen LogP contribution in [0.1, 0.15) is 6.42 Å². The molecule has 1 heterocycles. The molecule has 1 saturated heterocycles. The van der Waals surface area contributed by atoms with Crippen LogP contribution < -0.4 is 10.1 Å². The fourth-order valence-corrected chi connectivity index (χ4v) is 3.62. The minimum absolute atomic E-state index is 0.176. The van der Waals surface area contributed by atoms with Gasteiger partial charge in [-0.3, -0.25) is 4.79 Å². The van der Waals surface area contributed by atoms with Gasteiger partial charge in [0.05, 0.1) is 6.07 Å². The zero-order valence-electron chi connectivity index (χ0n) is 10.5. The first-order valence-corrected chi connectivity index (χ1v) is 7.83. The quantitative estimate of drug-likeness (QED) is 0.921. The molecular formula is C13H12Cl2N2O2S. The lowest BCUT2D eigenvalue weighted by atomic mass is 10.0. The number of halogens is 2. The molecule has 2 rings (SSSR count). The van der Waals surface area contributed by atoms with Gasteiger partial charge in [0.25, 0.3) is 5.91 Å². The number of rotatable bonds is 4. The SMILES string of the molecule is N#C[C@@]1(NC(=O)COc2cc(Cl)cc(Cl)c2)CCSC1.